The summed E-state index contributed by atoms with van der Waals surface area (Å²) in [5.74, 6) is -0.696. The van der Waals surface area contributed by atoms with Gasteiger partial charge in [-0.05, 0) is 0 Å². The molecule has 0 bridgehead atoms. The van der Waals surface area contributed by atoms with Crippen molar-refractivity contribution in [1.82, 2.24) is 0 Å². The zero-order valence-corrected chi connectivity index (χ0v) is 7.47. The van der Waals surface area contributed by atoms with E-state index in [-0.39, 0.29) is 5.78 Å². The van der Waals surface area contributed by atoms with Crippen LogP contribution in [0.5, 0.6) is 0 Å². The molecule has 0 aromatic heterocycles. The number of Topliss-reactive ketones (excluding diaryl/α,β-unsaturated/α-hetero) is 1. The van der Waals surface area contributed by atoms with E-state index >= 15 is 0 Å². The van der Waals surface area contributed by atoms with Gasteiger partial charge in [0.05, 0.1) is 7.11 Å². The van der Waals surface area contributed by atoms with Crippen molar-refractivity contribution in [2.75, 3.05) is 7.11 Å². The Morgan fingerprint density at radius 1 is 1.60 bits per heavy atom. The van der Waals surface area contributed by atoms with Crippen LogP contribution in [0.15, 0.2) is 0 Å². The minimum atomic E-state index is -0.789. The van der Waals surface area contributed by atoms with Gasteiger partial charge in [0.15, 0.2) is 10.6 Å². The molecule has 0 aromatic carbocycles. The Bertz CT molecular complexity index is 128. The first kappa shape index (κ1) is 9.62. The van der Waals surface area contributed by atoms with Crippen LogP contribution in [0.25, 0.3) is 0 Å². The van der Waals surface area contributed by atoms with Gasteiger partial charge in [-0.25, -0.2) is 0 Å². The molecule has 0 fully saturated rings. The highest BCUT2D eigenvalue weighted by Crippen LogP contribution is 2.04. The Morgan fingerprint density at radius 2 is 2.10 bits per heavy atom. The molecule has 0 aliphatic rings. The molecule has 0 aliphatic carbocycles. The topological polar surface area (TPSA) is 43.4 Å². The lowest BCUT2D eigenvalue weighted by Crippen LogP contribution is -2.24. The third-order valence-corrected chi connectivity index (χ3v) is 1.92. The summed E-state index contributed by atoms with van der Waals surface area (Å²) in [5.41, 5.74) is 0. The summed E-state index contributed by atoms with van der Waals surface area (Å²) in [5, 5.41) is 0. The van der Waals surface area contributed by atoms with E-state index in [1.807, 2.05) is 0 Å². The highest BCUT2D eigenvalue weighted by atomic mass is 79.9. The lowest BCUT2D eigenvalue weighted by atomic mass is 10.2. The van der Waals surface area contributed by atoms with Gasteiger partial charge in [0, 0.05) is 6.42 Å². The average molecular weight is 209 g/mol. The average Bonchev–Trinajstić information content (AvgIpc) is 2.00. The summed E-state index contributed by atoms with van der Waals surface area (Å²) >= 11 is 2.90. The van der Waals surface area contributed by atoms with Crippen LogP contribution in [0.3, 0.4) is 0 Å². The Balaban J connectivity index is 3.94. The van der Waals surface area contributed by atoms with Crippen LogP contribution in [0, 0.1) is 0 Å². The molecule has 1 unspecified atom stereocenters. The number of alkyl halides is 1. The normalized spacial score (nSPS) is 12.3. The third-order valence-electron chi connectivity index (χ3n) is 1.04. The predicted molar refractivity (Wildman–Crippen MR) is 40.0 cm³/mol. The second kappa shape index (κ2) is 4.44. The van der Waals surface area contributed by atoms with Crippen LogP contribution in [0.2, 0.25) is 0 Å². The fraction of sp³-hybridized carbons (Fsp3) is 0.667. The van der Waals surface area contributed by atoms with Gasteiger partial charge in [-0.1, -0.05) is 22.9 Å². The fourth-order valence-electron chi connectivity index (χ4n) is 0.414. The van der Waals surface area contributed by atoms with E-state index in [2.05, 4.69) is 20.7 Å². The monoisotopic (exact) mass is 208 g/mol. The molecule has 0 spiro atoms. The number of halogens is 1. The number of ether oxygens (including phenoxy) is 1. The van der Waals surface area contributed by atoms with Gasteiger partial charge in [-0.2, -0.15) is 0 Å². The minimum absolute atomic E-state index is 0.160. The molecule has 0 radical (unpaired) electrons. The van der Waals surface area contributed by atoms with Gasteiger partial charge in [-0.15, -0.1) is 0 Å². The Kier molecular flexibility index (Phi) is 4.27. The van der Waals surface area contributed by atoms with Crippen LogP contribution in [-0.4, -0.2) is 23.7 Å². The smallest absolute Gasteiger partial charge is 0.327 e. The Labute approximate surface area is 67.9 Å². The molecule has 3 nitrogen and oxygen atoms in total. The van der Waals surface area contributed by atoms with Crippen molar-refractivity contribution >= 4 is 27.7 Å². The highest BCUT2D eigenvalue weighted by Gasteiger charge is 2.21. The van der Waals surface area contributed by atoms with Crippen molar-refractivity contribution in [1.29, 1.82) is 0 Å². The van der Waals surface area contributed by atoms with E-state index in [0.29, 0.717) is 6.42 Å². The van der Waals surface area contributed by atoms with Gasteiger partial charge < -0.3 is 4.74 Å². The molecule has 0 rings (SSSR count). The summed E-state index contributed by atoms with van der Waals surface area (Å²) in [6.45, 7) is 1.69. The van der Waals surface area contributed by atoms with E-state index in [1.54, 1.807) is 6.92 Å². The molecule has 0 heterocycles. The molecule has 1 atom stereocenters. The van der Waals surface area contributed by atoms with Crippen LogP contribution in [0.1, 0.15) is 13.3 Å². The standard InChI is InChI=1S/C6H9BrO3/c1-3-4(8)5(7)6(9)10-2/h5H,3H2,1-2H3. The van der Waals surface area contributed by atoms with Gasteiger partial charge in [-0.3, -0.25) is 9.59 Å². The molecule has 0 aromatic rings. The number of hydrogen-bond acceptors (Lipinski definition) is 3. The summed E-state index contributed by atoms with van der Waals surface area (Å²) in [6.07, 6.45) is 0.338. The van der Waals surface area contributed by atoms with E-state index in [4.69, 9.17) is 0 Å². The van der Waals surface area contributed by atoms with E-state index in [0.717, 1.165) is 0 Å². The number of carbonyl (C=O) groups is 2. The van der Waals surface area contributed by atoms with Crippen LogP contribution in [0.4, 0.5) is 0 Å². The maximum Gasteiger partial charge on any atom is 0.327 e. The summed E-state index contributed by atoms with van der Waals surface area (Å²) in [4.78, 5) is 20.6. The van der Waals surface area contributed by atoms with E-state index in [9.17, 15) is 9.59 Å². The first-order valence-corrected chi connectivity index (χ1v) is 3.79. The Morgan fingerprint density at radius 3 is 2.40 bits per heavy atom. The SMILES string of the molecule is CCC(=O)C(Br)C(=O)OC. The minimum Gasteiger partial charge on any atom is -0.468 e. The van der Waals surface area contributed by atoms with Crippen molar-refractivity contribution in [3.05, 3.63) is 0 Å². The number of methoxy groups -OCH3 is 1. The molecule has 0 saturated heterocycles. The molecule has 0 aliphatic heterocycles. The highest BCUT2D eigenvalue weighted by molar-refractivity contribution is 9.10. The van der Waals surface area contributed by atoms with Crippen molar-refractivity contribution in [3.8, 4) is 0 Å². The maximum atomic E-state index is 10.8. The molecule has 4 heteroatoms. The summed E-state index contributed by atoms with van der Waals surface area (Å²) < 4.78 is 4.33. The molecule has 0 N–H and O–H groups in total. The molecule has 0 amide bonds. The van der Waals surface area contributed by atoms with Crippen molar-refractivity contribution in [2.24, 2.45) is 0 Å². The number of rotatable bonds is 3. The number of hydrogen-bond donors (Lipinski definition) is 0. The van der Waals surface area contributed by atoms with Crippen molar-refractivity contribution < 1.29 is 14.3 Å². The van der Waals surface area contributed by atoms with Crippen LogP contribution < -0.4 is 0 Å². The molecule has 10 heavy (non-hydrogen) atoms. The Hall–Kier alpha value is -0.380. The molecular formula is C6H9BrO3. The van der Waals surface area contributed by atoms with E-state index < -0.39 is 10.8 Å². The third kappa shape index (κ3) is 2.47. The fourth-order valence-corrected chi connectivity index (χ4v) is 0.925. The zero-order chi connectivity index (χ0) is 8.15. The number of carbonyl (C=O) groups excluding carboxylic acids is 2. The molecular weight excluding hydrogens is 200 g/mol. The zero-order valence-electron chi connectivity index (χ0n) is 5.89. The maximum absolute atomic E-state index is 10.8. The van der Waals surface area contributed by atoms with Crippen molar-refractivity contribution in [2.45, 2.75) is 18.2 Å². The largest absolute Gasteiger partial charge is 0.468 e. The lowest BCUT2D eigenvalue weighted by molar-refractivity contribution is -0.142. The quantitative estimate of drug-likeness (QED) is 0.394. The van der Waals surface area contributed by atoms with Crippen molar-refractivity contribution in [3.63, 3.8) is 0 Å². The number of ketones is 1. The second-order valence-corrected chi connectivity index (χ2v) is 2.62. The van der Waals surface area contributed by atoms with Gasteiger partial charge in [0.1, 0.15) is 0 Å². The second-order valence-electron chi connectivity index (χ2n) is 1.71. The van der Waals surface area contributed by atoms with Gasteiger partial charge >= 0.3 is 5.97 Å². The molecule has 58 valence electrons. The lowest BCUT2D eigenvalue weighted by Gasteiger charge is -2.02. The predicted octanol–water partition coefficient (Wildman–Crippen LogP) is 0.902. The van der Waals surface area contributed by atoms with Crippen LogP contribution >= 0.6 is 15.9 Å². The summed E-state index contributed by atoms with van der Waals surface area (Å²) in [7, 11) is 1.25. The summed E-state index contributed by atoms with van der Waals surface area (Å²) in [6, 6.07) is 0. The van der Waals surface area contributed by atoms with Gasteiger partial charge in [0.25, 0.3) is 0 Å². The first-order valence-electron chi connectivity index (χ1n) is 2.88. The van der Waals surface area contributed by atoms with Gasteiger partial charge in [0.2, 0.25) is 0 Å². The number of esters is 1. The first-order chi connectivity index (χ1) is 4.63. The van der Waals surface area contributed by atoms with E-state index in [1.165, 1.54) is 7.11 Å². The molecule has 0 saturated carbocycles. The van der Waals surface area contributed by atoms with Crippen LogP contribution in [-0.2, 0) is 14.3 Å².